The standard InChI is InChI=1S/C26H35N3O2/c1-20-5-4-12-29(18-20)25-10-8-23(9-11-25)21(2)27-26(30)24-7-3-6-22(17-24)19-28-13-15-31-16-14-28/h3,6-11,17,20-21H,4-5,12-16,18-19H2,1-2H3,(H,27,30)/t20-,21-/m0/s1. The monoisotopic (exact) mass is 421 g/mol. The van der Waals surface area contributed by atoms with Gasteiger partial charge in [-0.3, -0.25) is 9.69 Å². The molecule has 0 aromatic heterocycles. The van der Waals surface area contributed by atoms with E-state index in [0.29, 0.717) is 0 Å². The minimum Gasteiger partial charge on any atom is -0.379 e. The number of rotatable bonds is 6. The molecule has 166 valence electrons. The Morgan fingerprint density at radius 1 is 1.13 bits per heavy atom. The highest BCUT2D eigenvalue weighted by molar-refractivity contribution is 5.94. The van der Waals surface area contributed by atoms with Crippen LogP contribution in [0.4, 0.5) is 5.69 Å². The summed E-state index contributed by atoms with van der Waals surface area (Å²) in [6.45, 7) is 11.0. The van der Waals surface area contributed by atoms with Gasteiger partial charge in [0.1, 0.15) is 0 Å². The summed E-state index contributed by atoms with van der Waals surface area (Å²) in [7, 11) is 0. The van der Waals surface area contributed by atoms with Crippen LogP contribution in [0.15, 0.2) is 48.5 Å². The van der Waals surface area contributed by atoms with Gasteiger partial charge in [0, 0.05) is 44.0 Å². The predicted octanol–water partition coefficient (Wildman–Crippen LogP) is 4.25. The molecule has 0 aliphatic carbocycles. The van der Waals surface area contributed by atoms with Gasteiger partial charge < -0.3 is 15.0 Å². The summed E-state index contributed by atoms with van der Waals surface area (Å²) in [5.74, 6) is 0.732. The normalized spacial score (nSPS) is 21.0. The first-order chi connectivity index (χ1) is 15.1. The van der Waals surface area contributed by atoms with Gasteiger partial charge in [-0.2, -0.15) is 0 Å². The second-order valence-electron chi connectivity index (χ2n) is 9.07. The smallest absolute Gasteiger partial charge is 0.251 e. The van der Waals surface area contributed by atoms with Gasteiger partial charge in [0.2, 0.25) is 0 Å². The van der Waals surface area contributed by atoms with Crippen molar-refractivity contribution < 1.29 is 9.53 Å². The topological polar surface area (TPSA) is 44.8 Å². The lowest BCUT2D eigenvalue weighted by Crippen LogP contribution is -2.35. The van der Waals surface area contributed by atoms with E-state index in [1.54, 1.807) is 0 Å². The van der Waals surface area contributed by atoms with E-state index in [9.17, 15) is 4.79 Å². The fourth-order valence-electron chi connectivity index (χ4n) is 4.59. The second-order valence-corrected chi connectivity index (χ2v) is 9.07. The third kappa shape index (κ3) is 5.86. The van der Waals surface area contributed by atoms with E-state index in [1.807, 2.05) is 25.1 Å². The van der Waals surface area contributed by atoms with Crippen LogP contribution >= 0.6 is 0 Å². The molecule has 2 saturated heterocycles. The number of morpholine rings is 1. The summed E-state index contributed by atoms with van der Waals surface area (Å²) >= 11 is 0. The van der Waals surface area contributed by atoms with Crippen LogP contribution in [0.2, 0.25) is 0 Å². The molecule has 0 spiro atoms. The Hall–Kier alpha value is -2.37. The first-order valence-corrected chi connectivity index (χ1v) is 11.6. The van der Waals surface area contributed by atoms with Gasteiger partial charge in [0.05, 0.1) is 19.3 Å². The molecule has 2 atom stereocenters. The van der Waals surface area contributed by atoms with Crippen molar-refractivity contribution in [2.45, 2.75) is 39.3 Å². The number of hydrogen-bond donors (Lipinski definition) is 1. The fraction of sp³-hybridized carbons (Fsp3) is 0.500. The van der Waals surface area contributed by atoms with E-state index < -0.39 is 0 Å². The van der Waals surface area contributed by atoms with Gasteiger partial charge in [-0.05, 0) is 61.1 Å². The number of ether oxygens (including phenoxy) is 1. The molecule has 0 saturated carbocycles. The van der Waals surface area contributed by atoms with Crippen molar-refractivity contribution in [2.75, 3.05) is 44.3 Å². The Balaban J connectivity index is 1.35. The van der Waals surface area contributed by atoms with E-state index in [-0.39, 0.29) is 11.9 Å². The summed E-state index contributed by atoms with van der Waals surface area (Å²) in [5, 5.41) is 3.16. The lowest BCUT2D eigenvalue weighted by Gasteiger charge is -2.33. The zero-order valence-corrected chi connectivity index (χ0v) is 18.8. The molecule has 2 aliphatic rings. The molecule has 2 heterocycles. The molecule has 5 nitrogen and oxygen atoms in total. The number of amides is 1. The summed E-state index contributed by atoms with van der Waals surface area (Å²) in [6, 6.07) is 16.6. The van der Waals surface area contributed by atoms with E-state index >= 15 is 0 Å². The molecule has 5 heteroatoms. The van der Waals surface area contributed by atoms with Crippen LogP contribution in [0.1, 0.15) is 54.2 Å². The van der Waals surface area contributed by atoms with E-state index in [0.717, 1.165) is 63.0 Å². The van der Waals surface area contributed by atoms with E-state index in [1.165, 1.54) is 24.1 Å². The molecule has 2 aliphatic heterocycles. The van der Waals surface area contributed by atoms with Gasteiger partial charge in [-0.25, -0.2) is 0 Å². The Bertz CT molecular complexity index is 861. The number of benzene rings is 2. The maximum atomic E-state index is 12.9. The van der Waals surface area contributed by atoms with Crippen molar-refractivity contribution in [2.24, 2.45) is 5.92 Å². The summed E-state index contributed by atoms with van der Waals surface area (Å²) in [5.41, 5.74) is 4.30. The number of nitrogens with one attached hydrogen (secondary N) is 1. The quantitative estimate of drug-likeness (QED) is 0.758. The molecule has 0 radical (unpaired) electrons. The first-order valence-electron chi connectivity index (χ1n) is 11.6. The fourth-order valence-corrected chi connectivity index (χ4v) is 4.59. The predicted molar refractivity (Wildman–Crippen MR) is 125 cm³/mol. The zero-order valence-electron chi connectivity index (χ0n) is 18.8. The van der Waals surface area contributed by atoms with Crippen LogP contribution in [-0.2, 0) is 11.3 Å². The van der Waals surface area contributed by atoms with Crippen LogP contribution in [0.5, 0.6) is 0 Å². The Kier molecular flexibility index (Phi) is 7.25. The largest absolute Gasteiger partial charge is 0.379 e. The van der Waals surface area contributed by atoms with Gasteiger partial charge in [-0.15, -0.1) is 0 Å². The number of carbonyl (C=O) groups is 1. The van der Waals surface area contributed by atoms with Gasteiger partial charge in [-0.1, -0.05) is 31.2 Å². The van der Waals surface area contributed by atoms with Crippen molar-refractivity contribution >= 4 is 11.6 Å². The second kappa shape index (κ2) is 10.3. The molecule has 1 amide bonds. The van der Waals surface area contributed by atoms with Crippen LogP contribution in [-0.4, -0.2) is 50.2 Å². The van der Waals surface area contributed by atoms with Gasteiger partial charge in [0.15, 0.2) is 0 Å². The zero-order chi connectivity index (χ0) is 21.6. The lowest BCUT2D eigenvalue weighted by atomic mass is 9.99. The average Bonchev–Trinajstić information content (AvgIpc) is 2.80. The van der Waals surface area contributed by atoms with Crippen LogP contribution < -0.4 is 10.2 Å². The summed E-state index contributed by atoms with van der Waals surface area (Å²) in [4.78, 5) is 17.7. The molecule has 0 unspecified atom stereocenters. The number of carbonyl (C=O) groups excluding carboxylic acids is 1. The molecule has 1 N–H and O–H groups in total. The van der Waals surface area contributed by atoms with Crippen molar-refractivity contribution in [3.8, 4) is 0 Å². The molecular weight excluding hydrogens is 386 g/mol. The Morgan fingerprint density at radius 3 is 2.65 bits per heavy atom. The minimum atomic E-state index is -0.0373. The number of anilines is 1. The van der Waals surface area contributed by atoms with Crippen LogP contribution in [0.25, 0.3) is 0 Å². The first kappa shape index (κ1) is 21.8. The third-order valence-electron chi connectivity index (χ3n) is 6.46. The molecule has 31 heavy (non-hydrogen) atoms. The summed E-state index contributed by atoms with van der Waals surface area (Å²) in [6.07, 6.45) is 2.59. The molecule has 2 aromatic rings. The van der Waals surface area contributed by atoms with E-state index in [2.05, 4.69) is 52.4 Å². The van der Waals surface area contributed by atoms with Crippen LogP contribution in [0.3, 0.4) is 0 Å². The lowest BCUT2D eigenvalue weighted by molar-refractivity contribution is 0.0342. The van der Waals surface area contributed by atoms with Crippen LogP contribution in [0, 0.1) is 5.92 Å². The number of piperidine rings is 1. The maximum Gasteiger partial charge on any atom is 0.251 e. The maximum absolute atomic E-state index is 12.9. The molecule has 0 bridgehead atoms. The van der Waals surface area contributed by atoms with Gasteiger partial charge in [0.25, 0.3) is 5.91 Å². The van der Waals surface area contributed by atoms with Crippen molar-refractivity contribution in [1.82, 2.24) is 10.2 Å². The molecule has 2 fully saturated rings. The highest BCUT2D eigenvalue weighted by atomic mass is 16.5. The molecular formula is C26H35N3O2. The summed E-state index contributed by atoms with van der Waals surface area (Å²) < 4.78 is 5.42. The van der Waals surface area contributed by atoms with Crippen molar-refractivity contribution in [3.63, 3.8) is 0 Å². The highest BCUT2D eigenvalue weighted by Gasteiger charge is 2.18. The Labute approximate surface area is 186 Å². The Morgan fingerprint density at radius 2 is 1.90 bits per heavy atom. The van der Waals surface area contributed by atoms with Gasteiger partial charge >= 0.3 is 0 Å². The average molecular weight is 422 g/mol. The minimum absolute atomic E-state index is 0.0229. The molecule has 2 aromatic carbocycles. The van der Waals surface area contributed by atoms with E-state index in [4.69, 9.17) is 4.74 Å². The third-order valence-corrected chi connectivity index (χ3v) is 6.46. The number of hydrogen-bond acceptors (Lipinski definition) is 4. The molecule has 4 rings (SSSR count). The SMILES string of the molecule is C[C@H]1CCCN(c2ccc([C@H](C)NC(=O)c3cccc(CN4CCOCC4)c3)cc2)C1. The number of nitrogens with zero attached hydrogens (tertiary/aromatic N) is 2. The van der Waals surface area contributed by atoms with Crippen molar-refractivity contribution in [3.05, 3.63) is 65.2 Å². The highest BCUT2D eigenvalue weighted by Crippen LogP contribution is 2.25. The van der Waals surface area contributed by atoms with Crippen molar-refractivity contribution in [1.29, 1.82) is 0 Å².